The number of halogens is 2. The normalized spacial score (nSPS) is 24.0. The van der Waals surface area contributed by atoms with Crippen LogP contribution in [-0.4, -0.2) is 20.0 Å². The molecule has 2 aromatic rings. The zero-order valence-corrected chi connectivity index (χ0v) is 13.6. The van der Waals surface area contributed by atoms with Crippen molar-refractivity contribution in [3.05, 3.63) is 64.1 Å². The maximum atomic E-state index is 12.7. The molecule has 1 saturated carbocycles. The van der Waals surface area contributed by atoms with E-state index in [1.165, 1.54) is 24.3 Å². The topological polar surface area (TPSA) is 51.2 Å². The molecule has 22 heavy (non-hydrogen) atoms. The summed E-state index contributed by atoms with van der Waals surface area (Å²) in [7, 11) is -3.57. The van der Waals surface area contributed by atoms with E-state index in [4.69, 9.17) is 23.2 Å². The van der Waals surface area contributed by atoms with Crippen LogP contribution in [0.4, 0.5) is 0 Å². The van der Waals surface area contributed by atoms with Crippen LogP contribution in [0.2, 0.25) is 10.0 Å². The van der Waals surface area contributed by atoms with Crippen molar-refractivity contribution in [3.63, 3.8) is 0 Å². The SMILES string of the molecule is O=C[C@H]1[C@H](c2ccc(Cl)cc2)[C@@H]1S(=O)(=O)c1ccc(Cl)cc1. The molecule has 1 aliphatic rings. The van der Waals surface area contributed by atoms with Gasteiger partial charge in [0.15, 0.2) is 9.84 Å². The van der Waals surface area contributed by atoms with E-state index in [2.05, 4.69) is 0 Å². The van der Waals surface area contributed by atoms with Gasteiger partial charge in [-0.3, -0.25) is 0 Å². The Hall–Kier alpha value is -1.36. The Labute approximate surface area is 138 Å². The minimum absolute atomic E-state index is 0.185. The molecular weight excluding hydrogens is 343 g/mol. The summed E-state index contributed by atoms with van der Waals surface area (Å²) < 4.78 is 25.4. The smallest absolute Gasteiger partial charge is 0.182 e. The molecule has 3 atom stereocenters. The van der Waals surface area contributed by atoms with Crippen molar-refractivity contribution in [2.24, 2.45) is 5.92 Å². The molecule has 0 saturated heterocycles. The lowest BCUT2D eigenvalue weighted by Gasteiger charge is -2.04. The van der Waals surface area contributed by atoms with Crippen molar-refractivity contribution in [3.8, 4) is 0 Å². The number of benzene rings is 2. The van der Waals surface area contributed by atoms with Crippen molar-refractivity contribution in [2.75, 3.05) is 0 Å². The Morgan fingerprint density at radius 3 is 1.86 bits per heavy atom. The van der Waals surface area contributed by atoms with Gasteiger partial charge in [0, 0.05) is 21.9 Å². The average molecular weight is 355 g/mol. The minimum Gasteiger partial charge on any atom is -0.303 e. The van der Waals surface area contributed by atoms with Crippen LogP contribution in [0.15, 0.2) is 53.4 Å². The van der Waals surface area contributed by atoms with Gasteiger partial charge in [0.25, 0.3) is 0 Å². The zero-order valence-electron chi connectivity index (χ0n) is 11.3. The first-order valence-corrected chi connectivity index (χ1v) is 8.95. The molecular formula is C16H12Cl2O3S. The average Bonchev–Trinajstić information content (AvgIpc) is 3.24. The fourth-order valence-electron chi connectivity index (χ4n) is 2.75. The van der Waals surface area contributed by atoms with Gasteiger partial charge in [0.1, 0.15) is 6.29 Å². The highest BCUT2D eigenvalue weighted by Crippen LogP contribution is 2.52. The molecule has 0 bridgehead atoms. The van der Waals surface area contributed by atoms with E-state index >= 15 is 0 Å². The largest absolute Gasteiger partial charge is 0.303 e. The molecule has 0 N–H and O–H groups in total. The van der Waals surface area contributed by atoms with Gasteiger partial charge in [-0.2, -0.15) is 0 Å². The van der Waals surface area contributed by atoms with Gasteiger partial charge >= 0.3 is 0 Å². The third-order valence-corrected chi connectivity index (χ3v) is 6.68. The van der Waals surface area contributed by atoms with Gasteiger partial charge in [-0.05, 0) is 42.0 Å². The van der Waals surface area contributed by atoms with Crippen LogP contribution in [-0.2, 0) is 14.6 Å². The van der Waals surface area contributed by atoms with E-state index < -0.39 is 21.0 Å². The van der Waals surface area contributed by atoms with Crippen LogP contribution >= 0.6 is 23.2 Å². The predicted octanol–water partition coefficient (Wildman–Crippen LogP) is 3.75. The number of carbonyl (C=O) groups excluding carboxylic acids is 1. The van der Waals surface area contributed by atoms with Crippen molar-refractivity contribution in [1.82, 2.24) is 0 Å². The van der Waals surface area contributed by atoms with Crippen LogP contribution < -0.4 is 0 Å². The van der Waals surface area contributed by atoms with Gasteiger partial charge in [-0.25, -0.2) is 8.42 Å². The highest BCUT2D eigenvalue weighted by atomic mass is 35.5. The molecule has 0 radical (unpaired) electrons. The first-order chi connectivity index (χ1) is 10.4. The molecule has 3 rings (SSSR count). The monoisotopic (exact) mass is 354 g/mol. The maximum absolute atomic E-state index is 12.7. The lowest BCUT2D eigenvalue weighted by molar-refractivity contribution is -0.108. The molecule has 0 unspecified atom stereocenters. The van der Waals surface area contributed by atoms with Crippen molar-refractivity contribution in [2.45, 2.75) is 16.1 Å². The molecule has 2 aromatic carbocycles. The third kappa shape index (κ3) is 2.67. The number of sulfone groups is 1. The van der Waals surface area contributed by atoms with E-state index in [0.717, 1.165) is 11.8 Å². The second kappa shape index (κ2) is 5.69. The first kappa shape index (κ1) is 15.5. The third-order valence-electron chi connectivity index (χ3n) is 3.92. The van der Waals surface area contributed by atoms with E-state index in [9.17, 15) is 13.2 Å². The number of hydrogen-bond donors (Lipinski definition) is 0. The zero-order chi connectivity index (χ0) is 15.9. The highest BCUT2D eigenvalue weighted by Gasteiger charge is 2.58. The second-order valence-electron chi connectivity index (χ2n) is 5.25. The summed E-state index contributed by atoms with van der Waals surface area (Å²) in [6.45, 7) is 0. The molecule has 0 aromatic heterocycles. The summed E-state index contributed by atoms with van der Waals surface area (Å²) in [5, 5.41) is 0.312. The molecule has 1 aliphatic carbocycles. The molecule has 6 heteroatoms. The van der Waals surface area contributed by atoms with Crippen LogP contribution in [0.5, 0.6) is 0 Å². The summed E-state index contributed by atoms with van der Waals surface area (Å²) >= 11 is 11.6. The lowest BCUT2D eigenvalue weighted by atomic mass is 10.1. The number of rotatable bonds is 4. The lowest BCUT2D eigenvalue weighted by Crippen LogP contribution is -2.10. The van der Waals surface area contributed by atoms with Crippen molar-refractivity contribution < 1.29 is 13.2 Å². The predicted molar refractivity (Wildman–Crippen MR) is 86.2 cm³/mol. The summed E-state index contributed by atoms with van der Waals surface area (Å²) in [4.78, 5) is 11.4. The molecule has 0 amide bonds. The summed E-state index contributed by atoms with van der Waals surface area (Å²) in [6, 6.07) is 12.9. The van der Waals surface area contributed by atoms with E-state index in [1.807, 2.05) is 0 Å². The van der Waals surface area contributed by atoms with E-state index in [0.29, 0.717) is 10.0 Å². The Kier molecular flexibility index (Phi) is 4.02. The fraction of sp³-hybridized carbons (Fsp3) is 0.188. The van der Waals surface area contributed by atoms with Crippen LogP contribution in [0.3, 0.4) is 0 Å². The molecule has 0 aliphatic heterocycles. The molecule has 0 spiro atoms. The molecule has 114 valence electrons. The van der Waals surface area contributed by atoms with Crippen molar-refractivity contribution in [1.29, 1.82) is 0 Å². The molecule has 3 nitrogen and oxygen atoms in total. The standard InChI is InChI=1S/C16H12Cl2O3S/c17-11-3-1-10(2-4-11)15-14(9-19)16(15)22(20,21)13-7-5-12(18)6-8-13/h1-9,14-16H/t14-,15-,16+/m0/s1. The Bertz CT molecular complexity index is 798. The van der Waals surface area contributed by atoms with Gasteiger partial charge in [-0.1, -0.05) is 35.3 Å². The Morgan fingerprint density at radius 2 is 1.36 bits per heavy atom. The summed E-state index contributed by atoms with van der Waals surface area (Å²) in [6.07, 6.45) is 0.720. The van der Waals surface area contributed by atoms with Gasteiger partial charge < -0.3 is 4.79 Å². The van der Waals surface area contributed by atoms with Gasteiger partial charge in [0.2, 0.25) is 0 Å². The van der Waals surface area contributed by atoms with Crippen LogP contribution in [0.1, 0.15) is 11.5 Å². The molecule has 1 fully saturated rings. The Morgan fingerprint density at radius 1 is 0.864 bits per heavy atom. The Balaban J connectivity index is 1.95. The van der Waals surface area contributed by atoms with E-state index in [1.54, 1.807) is 24.3 Å². The van der Waals surface area contributed by atoms with Gasteiger partial charge in [-0.15, -0.1) is 0 Å². The summed E-state index contributed by atoms with van der Waals surface area (Å²) in [5.74, 6) is -0.850. The van der Waals surface area contributed by atoms with Crippen LogP contribution in [0.25, 0.3) is 0 Å². The highest BCUT2D eigenvalue weighted by molar-refractivity contribution is 7.92. The molecule has 0 heterocycles. The van der Waals surface area contributed by atoms with E-state index in [-0.39, 0.29) is 10.8 Å². The second-order valence-corrected chi connectivity index (χ2v) is 8.23. The van der Waals surface area contributed by atoms with Gasteiger partial charge in [0.05, 0.1) is 10.1 Å². The summed E-state index contributed by atoms with van der Waals surface area (Å²) in [5.41, 5.74) is 0.809. The minimum atomic E-state index is -3.57. The quantitative estimate of drug-likeness (QED) is 0.785. The number of carbonyl (C=O) groups is 1. The maximum Gasteiger partial charge on any atom is 0.182 e. The first-order valence-electron chi connectivity index (χ1n) is 6.65. The number of aldehydes is 1. The van der Waals surface area contributed by atoms with Crippen LogP contribution in [0, 0.1) is 5.92 Å². The number of hydrogen-bond acceptors (Lipinski definition) is 3. The van der Waals surface area contributed by atoms with Crippen molar-refractivity contribution >= 4 is 39.3 Å². The fourth-order valence-corrected chi connectivity index (χ4v) is 5.11.